The molecule has 0 heterocycles. The number of hydrogen-bond acceptors (Lipinski definition) is 2. The molecular formula is C17H15FN2O2. The van der Waals surface area contributed by atoms with E-state index in [2.05, 4.69) is 10.9 Å². The number of aryl methyl sites for hydroxylation is 1. The summed E-state index contributed by atoms with van der Waals surface area (Å²) < 4.78 is 12.7. The molecule has 22 heavy (non-hydrogen) atoms. The zero-order chi connectivity index (χ0) is 15.9. The third-order valence-corrected chi connectivity index (χ3v) is 2.88. The standard InChI is InChI=1S/C17H15FN2O2/c1-12-3-2-4-14(11-12)17(22)20-19-16(21)10-7-13-5-8-15(18)9-6-13/h2-11H,1H3,(H,19,21)(H,20,22)/b10-7+. The Balaban J connectivity index is 1.87. The predicted molar refractivity (Wildman–Crippen MR) is 82.2 cm³/mol. The monoisotopic (exact) mass is 298 g/mol. The Morgan fingerprint density at radius 1 is 1.05 bits per heavy atom. The molecule has 0 saturated heterocycles. The topological polar surface area (TPSA) is 58.2 Å². The summed E-state index contributed by atoms with van der Waals surface area (Å²) >= 11 is 0. The molecular weight excluding hydrogens is 283 g/mol. The van der Waals surface area contributed by atoms with Crippen molar-refractivity contribution < 1.29 is 14.0 Å². The summed E-state index contributed by atoms with van der Waals surface area (Å²) in [6, 6.07) is 12.7. The highest BCUT2D eigenvalue weighted by molar-refractivity contribution is 5.98. The molecule has 0 unspecified atom stereocenters. The Labute approximate surface area is 127 Å². The Bertz CT molecular complexity index is 709. The van der Waals surface area contributed by atoms with Crippen LogP contribution < -0.4 is 10.9 Å². The Hall–Kier alpha value is -2.95. The maximum Gasteiger partial charge on any atom is 0.269 e. The molecule has 112 valence electrons. The Morgan fingerprint density at radius 2 is 1.77 bits per heavy atom. The quantitative estimate of drug-likeness (QED) is 0.676. The largest absolute Gasteiger partial charge is 0.269 e. The molecule has 5 heteroatoms. The molecule has 2 rings (SSSR count). The van der Waals surface area contributed by atoms with Gasteiger partial charge in [-0.2, -0.15) is 0 Å². The minimum absolute atomic E-state index is 0.341. The molecule has 2 aromatic carbocycles. The van der Waals surface area contributed by atoms with Gasteiger partial charge in [0.05, 0.1) is 0 Å². The number of rotatable bonds is 3. The maximum atomic E-state index is 12.7. The number of halogens is 1. The van der Waals surface area contributed by atoms with Crippen LogP contribution in [0.1, 0.15) is 21.5 Å². The predicted octanol–water partition coefficient (Wildman–Crippen LogP) is 2.61. The summed E-state index contributed by atoms with van der Waals surface area (Å²) in [6.45, 7) is 1.88. The van der Waals surface area contributed by atoms with Crippen molar-refractivity contribution in [3.63, 3.8) is 0 Å². The highest BCUT2D eigenvalue weighted by Gasteiger charge is 2.05. The maximum absolute atomic E-state index is 12.7. The van der Waals surface area contributed by atoms with E-state index >= 15 is 0 Å². The second kappa shape index (κ2) is 7.17. The van der Waals surface area contributed by atoms with Crippen LogP contribution in [0.15, 0.2) is 54.6 Å². The van der Waals surface area contributed by atoms with Crippen LogP contribution in [-0.4, -0.2) is 11.8 Å². The minimum Gasteiger partial charge on any atom is -0.268 e. The normalized spacial score (nSPS) is 10.5. The molecule has 0 saturated carbocycles. The molecule has 0 bridgehead atoms. The third kappa shape index (κ3) is 4.56. The third-order valence-electron chi connectivity index (χ3n) is 2.88. The first kappa shape index (κ1) is 15.4. The first-order valence-corrected chi connectivity index (χ1v) is 6.65. The summed E-state index contributed by atoms with van der Waals surface area (Å²) in [5, 5.41) is 0. The second-order valence-corrected chi connectivity index (χ2v) is 4.70. The van der Waals surface area contributed by atoms with Crippen molar-refractivity contribution in [1.82, 2.24) is 10.9 Å². The van der Waals surface area contributed by atoms with Crippen molar-refractivity contribution in [2.24, 2.45) is 0 Å². The number of amides is 2. The van der Waals surface area contributed by atoms with Crippen LogP contribution >= 0.6 is 0 Å². The smallest absolute Gasteiger partial charge is 0.268 e. The molecule has 0 aliphatic rings. The van der Waals surface area contributed by atoms with Crippen LogP contribution in [0.5, 0.6) is 0 Å². The highest BCUT2D eigenvalue weighted by Crippen LogP contribution is 2.04. The highest BCUT2D eigenvalue weighted by atomic mass is 19.1. The van der Waals surface area contributed by atoms with Gasteiger partial charge in [0.25, 0.3) is 11.8 Å². The van der Waals surface area contributed by atoms with Gasteiger partial charge in [0.2, 0.25) is 0 Å². The van der Waals surface area contributed by atoms with Gasteiger partial charge in [-0.05, 0) is 42.8 Å². The van der Waals surface area contributed by atoms with E-state index in [1.165, 1.54) is 24.3 Å². The lowest BCUT2D eigenvalue weighted by Gasteiger charge is -2.05. The van der Waals surface area contributed by atoms with Gasteiger partial charge in [-0.25, -0.2) is 4.39 Å². The summed E-state index contributed by atoms with van der Waals surface area (Å²) in [5.41, 5.74) is 6.70. The van der Waals surface area contributed by atoms with Crippen LogP contribution in [0.25, 0.3) is 6.08 Å². The Morgan fingerprint density at radius 3 is 2.45 bits per heavy atom. The fourth-order valence-corrected chi connectivity index (χ4v) is 1.76. The average molecular weight is 298 g/mol. The van der Waals surface area contributed by atoms with Crippen molar-refractivity contribution in [1.29, 1.82) is 0 Å². The molecule has 0 fully saturated rings. The molecule has 0 spiro atoms. The first-order valence-electron chi connectivity index (χ1n) is 6.65. The van der Waals surface area contributed by atoms with Crippen LogP contribution in [0.3, 0.4) is 0 Å². The van der Waals surface area contributed by atoms with Gasteiger partial charge in [0.1, 0.15) is 5.82 Å². The van der Waals surface area contributed by atoms with Crippen molar-refractivity contribution in [2.75, 3.05) is 0 Å². The second-order valence-electron chi connectivity index (χ2n) is 4.70. The number of hydrazine groups is 1. The molecule has 0 aromatic heterocycles. The number of carbonyl (C=O) groups excluding carboxylic acids is 2. The molecule has 0 aliphatic carbocycles. The lowest BCUT2D eigenvalue weighted by atomic mass is 10.1. The molecule has 4 nitrogen and oxygen atoms in total. The van der Waals surface area contributed by atoms with E-state index in [1.54, 1.807) is 30.3 Å². The van der Waals surface area contributed by atoms with Crippen LogP contribution in [0.2, 0.25) is 0 Å². The van der Waals surface area contributed by atoms with Gasteiger partial charge in [0.15, 0.2) is 0 Å². The molecule has 2 N–H and O–H groups in total. The lowest BCUT2D eigenvalue weighted by Crippen LogP contribution is -2.40. The van der Waals surface area contributed by atoms with Crippen LogP contribution in [0.4, 0.5) is 4.39 Å². The number of nitrogens with one attached hydrogen (secondary N) is 2. The van der Waals surface area contributed by atoms with Gasteiger partial charge >= 0.3 is 0 Å². The zero-order valence-electron chi connectivity index (χ0n) is 12.0. The lowest BCUT2D eigenvalue weighted by molar-refractivity contribution is -0.117. The molecule has 2 aromatic rings. The van der Waals surface area contributed by atoms with Crippen molar-refractivity contribution in [3.05, 3.63) is 77.1 Å². The van der Waals surface area contributed by atoms with Gasteiger partial charge in [0, 0.05) is 11.6 Å². The SMILES string of the molecule is Cc1cccc(C(=O)NNC(=O)/C=C/c2ccc(F)cc2)c1. The van der Waals surface area contributed by atoms with Crippen LogP contribution in [-0.2, 0) is 4.79 Å². The van der Waals surface area contributed by atoms with Gasteiger partial charge < -0.3 is 0 Å². The molecule has 2 amide bonds. The summed E-state index contributed by atoms with van der Waals surface area (Å²) in [7, 11) is 0. The summed E-state index contributed by atoms with van der Waals surface area (Å²) in [6.07, 6.45) is 2.78. The van der Waals surface area contributed by atoms with E-state index in [0.29, 0.717) is 11.1 Å². The summed E-state index contributed by atoms with van der Waals surface area (Å²) in [4.78, 5) is 23.4. The Kier molecular flexibility index (Phi) is 5.03. The number of hydrogen-bond donors (Lipinski definition) is 2. The van der Waals surface area contributed by atoms with Crippen molar-refractivity contribution in [2.45, 2.75) is 6.92 Å². The van der Waals surface area contributed by atoms with E-state index in [1.807, 2.05) is 13.0 Å². The van der Waals surface area contributed by atoms with Crippen molar-refractivity contribution >= 4 is 17.9 Å². The first-order chi connectivity index (χ1) is 10.5. The van der Waals surface area contributed by atoms with E-state index in [-0.39, 0.29) is 5.82 Å². The molecule has 0 radical (unpaired) electrons. The van der Waals surface area contributed by atoms with Crippen molar-refractivity contribution in [3.8, 4) is 0 Å². The fourth-order valence-electron chi connectivity index (χ4n) is 1.76. The van der Waals surface area contributed by atoms with Gasteiger partial charge in [-0.1, -0.05) is 29.8 Å². The molecule has 0 aliphatic heterocycles. The van der Waals surface area contributed by atoms with E-state index in [0.717, 1.165) is 5.56 Å². The minimum atomic E-state index is -0.481. The van der Waals surface area contributed by atoms with E-state index in [4.69, 9.17) is 0 Å². The fraction of sp³-hybridized carbons (Fsp3) is 0.0588. The van der Waals surface area contributed by atoms with E-state index in [9.17, 15) is 14.0 Å². The average Bonchev–Trinajstić information content (AvgIpc) is 2.52. The summed E-state index contributed by atoms with van der Waals surface area (Å²) in [5.74, 6) is -1.22. The number of benzene rings is 2. The molecule has 0 atom stereocenters. The van der Waals surface area contributed by atoms with Crippen LogP contribution in [0, 0.1) is 12.7 Å². The van der Waals surface area contributed by atoms with E-state index < -0.39 is 11.8 Å². The van der Waals surface area contributed by atoms with Gasteiger partial charge in [-0.15, -0.1) is 0 Å². The van der Waals surface area contributed by atoms with Gasteiger partial charge in [-0.3, -0.25) is 20.4 Å². The zero-order valence-corrected chi connectivity index (χ0v) is 12.0. The number of carbonyl (C=O) groups is 2.